The van der Waals surface area contributed by atoms with Crippen molar-refractivity contribution in [1.29, 1.82) is 0 Å². The Balaban J connectivity index is 1.70. The maximum atomic E-state index is 12.0. The summed E-state index contributed by atoms with van der Waals surface area (Å²) in [6, 6.07) is 14.6. The van der Waals surface area contributed by atoms with Crippen molar-refractivity contribution in [3.8, 4) is 5.75 Å². The summed E-state index contributed by atoms with van der Waals surface area (Å²) in [7, 11) is 0. The van der Waals surface area contributed by atoms with Crippen LogP contribution in [0.3, 0.4) is 0 Å². The van der Waals surface area contributed by atoms with E-state index in [0.717, 1.165) is 16.8 Å². The molecule has 28 heavy (non-hydrogen) atoms. The first kappa shape index (κ1) is 21.0. The number of aryl methyl sites for hydroxylation is 2. The average Bonchev–Trinajstić information content (AvgIpc) is 2.67. The SMILES string of the molecule is Cc1ccc(NC(=O)CCC(=O)NNC(=O)C(C)Oc2ccccc2)c(C)c1. The fourth-order valence-electron chi connectivity index (χ4n) is 2.45. The predicted octanol–water partition coefficient (Wildman–Crippen LogP) is 2.64. The van der Waals surface area contributed by atoms with Gasteiger partial charge in [0.05, 0.1) is 0 Å². The predicted molar refractivity (Wildman–Crippen MR) is 107 cm³/mol. The van der Waals surface area contributed by atoms with Crippen molar-refractivity contribution in [3.05, 3.63) is 59.7 Å². The first-order valence-electron chi connectivity index (χ1n) is 9.02. The molecule has 3 amide bonds. The van der Waals surface area contributed by atoms with E-state index in [-0.39, 0.29) is 18.7 Å². The van der Waals surface area contributed by atoms with Crippen LogP contribution in [0.4, 0.5) is 5.69 Å². The van der Waals surface area contributed by atoms with Gasteiger partial charge in [0, 0.05) is 18.5 Å². The first-order valence-corrected chi connectivity index (χ1v) is 9.02. The average molecular weight is 383 g/mol. The van der Waals surface area contributed by atoms with Crippen molar-refractivity contribution < 1.29 is 19.1 Å². The Hall–Kier alpha value is -3.35. The number of carbonyl (C=O) groups excluding carboxylic acids is 3. The molecule has 2 aromatic rings. The summed E-state index contributed by atoms with van der Waals surface area (Å²) in [5.74, 6) is -0.665. The van der Waals surface area contributed by atoms with Crippen LogP contribution in [-0.4, -0.2) is 23.8 Å². The van der Waals surface area contributed by atoms with E-state index < -0.39 is 17.9 Å². The molecule has 0 aromatic heterocycles. The fraction of sp³-hybridized carbons (Fsp3) is 0.286. The third-order valence-electron chi connectivity index (χ3n) is 3.99. The number of hydrogen-bond donors (Lipinski definition) is 3. The highest BCUT2D eigenvalue weighted by Gasteiger charge is 2.15. The number of hydrogen-bond acceptors (Lipinski definition) is 4. The number of amides is 3. The summed E-state index contributed by atoms with van der Waals surface area (Å²) in [6.45, 7) is 5.46. The number of rotatable bonds is 7. The lowest BCUT2D eigenvalue weighted by atomic mass is 10.1. The van der Waals surface area contributed by atoms with E-state index in [1.54, 1.807) is 31.2 Å². The molecule has 0 bridgehead atoms. The van der Waals surface area contributed by atoms with Gasteiger partial charge in [0.25, 0.3) is 5.91 Å². The molecule has 0 saturated carbocycles. The van der Waals surface area contributed by atoms with Crippen LogP contribution in [0, 0.1) is 13.8 Å². The number of hydrazine groups is 1. The summed E-state index contributed by atoms with van der Waals surface area (Å²) < 4.78 is 5.47. The van der Waals surface area contributed by atoms with Gasteiger partial charge in [-0.25, -0.2) is 0 Å². The molecule has 0 aliphatic rings. The van der Waals surface area contributed by atoms with Gasteiger partial charge in [0.1, 0.15) is 5.75 Å². The number of nitrogens with one attached hydrogen (secondary N) is 3. The quantitative estimate of drug-likeness (QED) is 0.641. The molecule has 0 saturated heterocycles. The zero-order valence-corrected chi connectivity index (χ0v) is 16.2. The Bertz CT molecular complexity index is 837. The van der Waals surface area contributed by atoms with Crippen molar-refractivity contribution in [2.45, 2.75) is 39.7 Å². The van der Waals surface area contributed by atoms with E-state index >= 15 is 0 Å². The second-order valence-electron chi connectivity index (χ2n) is 6.48. The minimum Gasteiger partial charge on any atom is -0.481 e. The second kappa shape index (κ2) is 10.1. The lowest BCUT2D eigenvalue weighted by molar-refractivity contribution is -0.133. The van der Waals surface area contributed by atoms with Crippen LogP contribution in [0.1, 0.15) is 30.9 Å². The van der Waals surface area contributed by atoms with Crippen LogP contribution < -0.4 is 20.9 Å². The Morgan fingerprint density at radius 1 is 0.929 bits per heavy atom. The van der Waals surface area contributed by atoms with Gasteiger partial charge in [0.2, 0.25) is 11.8 Å². The Labute approximate surface area is 164 Å². The van der Waals surface area contributed by atoms with Gasteiger partial charge < -0.3 is 10.1 Å². The third kappa shape index (κ3) is 6.75. The largest absolute Gasteiger partial charge is 0.481 e. The van der Waals surface area contributed by atoms with E-state index in [9.17, 15) is 14.4 Å². The number of para-hydroxylation sites is 1. The lowest BCUT2D eigenvalue weighted by Gasteiger charge is -2.15. The molecule has 1 unspecified atom stereocenters. The Morgan fingerprint density at radius 2 is 1.61 bits per heavy atom. The van der Waals surface area contributed by atoms with E-state index in [4.69, 9.17) is 4.74 Å². The molecule has 7 heteroatoms. The molecular formula is C21H25N3O4. The van der Waals surface area contributed by atoms with Crippen molar-refractivity contribution in [3.63, 3.8) is 0 Å². The van der Waals surface area contributed by atoms with Crippen molar-refractivity contribution in [2.75, 3.05) is 5.32 Å². The number of benzene rings is 2. The molecule has 148 valence electrons. The zero-order chi connectivity index (χ0) is 20.5. The smallest absolute Gasteiger partial charge is 0.279 e. The van der Waals surface area contributed by atoms with Gasteiger partial charge >= 0.3 is 0 Å². The molecule has 0 spiro atoms. The van der Waals surface area contributed by atoms with Crippen LogP contribution in [0.5, 0.6) is 5.75 Å². The van der Waals surface area contributed by atoms with Gasteiger partial charge in [-0.2, -0.15) is 0 Å². The molecule has 2 rings (SSSR count). The summed E-state index contributed by atoms with van der Waals surface area (Å²) in [6.07, 6.45) is -0.828. The first-order chi connectivity index (χ1) is 13.3. The maximum Gasteiger partial charge on any atom is 0.279 e. The van der Waals surface area contributed by atoms with Crippen LogP contribution in [-0.2, 0) is 14.4 Å². The van der Waals surface area contributed by atoms with Gasteiger partial charge in [-0.3, -0.25) is 25.2 Å². The van der Waals surface area contributed by atoms with Crippen LogP contribution >= 0.6 is 0 Å². The molecule has 0 fully saturated rings. The highest BCUT2D eigenvalue weighted by molar-refractivity contribution is 5.94. The standard InChI is InChI=1S/C21H25N3O4/c1-14-9-10-18(15(2)13-14)22-19(25)11-12-20(26)23-24-21(27)16(3)28-17-7-5-4-6-8-17/h4-10,13,16H,11-12H2,1-3H3,(H,22,25)(H,23,26)(H,24,27). The van der Waals surface area contributed by atoms with Gasteiger partial charge in [-0.1, -0.05) is 35.9 Å². The highest BCUT2D eigenvalue weighted by atomic mass is 16.5. The Morgan fingerprint density at radius 3 is 2.29 bits per heavy atom. The highest BCUT2D eigenvalue weighted by Crippen LogP contribution is 2.16. The normalized spacial score (nSPS) is 11.2. The molecule has 3 N–H and O–H groups in total. The molecule has 0 radical (unpaired) electrons. The topological polar surface area (TPSA) is 96.5 Å². The molecule has 0 heterocycles. The Kier molecular flexibility index (Phi) is 7.56. The molecule has 1 atom stereocenters. The molecule has 2 aromatic carbocycles. The zero-order valence-electron chi connectivity index (χ0n) is 16.2. The minimum atomic E-state index is -0.782. The summed E-state index contributed by atoms with van der Waals surface area (Å²) in [4.78, 5) is 35.8. The van der Waals surface area contributed by atoms with Gasteiger partial charge in [0.15, 0.2) is 6.10 Å². The lowest BCUT2D eigenvalue weighted by Crippen LogP contribution is -2.47. The van der Waals surface area contributed by atoms with Gasteiger partial charge in [-0.15, -0.1) is 0 Å². The summed E-state index contributed by atoms with van der Waals surface area (Å²) in [5, 5.41) is 2.78. The van der Waals surface area contributed by atoms with Crippen molar-refractivity contribution in [1.82, 2.24) is 10.9 Å². The second-order valence-corrected chi connectivity index (χ2v) is 6.48. The maximum absolute atomic E-state index is 12.0. The number of carbonyl (C=O) groups is 3. The van der Waals surface area contributed by atoms with E-state index in [0.29, 0.717) is 5.75 Å². The monoisotopic (exact) mass is 383 g/mol. The van der Waals surface area contributed by atoms with Crippen molar-refractivity contribution in [2.24, 2.45) is 0 Å². The van der Waals surface area contributed by atoms with Crippen LogP contribution in [0.2, 0.25) is 0 Å². The van der Waals surface area contributed by atoms with E-state index in [1.165, 1.54) is 0 Å². The van der Waals surface area contributed by atoms with E-state index in [1.807, 2.05) is 38.1 Å². The minimum absolute atomic E-state index is 0.00505. The number of ether oxygens (including phenoxy) is 1. The third-order valence-corrected chi connectivity index (χ3v) is 3.99. The van der Waals surface area contributed by atoms with Gasteiger partial charge in [-0.05, 0) is 44.5 Å². The molecule has 0 aliphatic heterocycles. The van der Waals surface area contributed by atoms with E-state index in [2.05, 4.69) is 16.2 Å². The fourth-order valence-corrected chi connectivity index (χ4v) is 2.45. The molecule has 7 nitrogen and oxygen atoms in total. The molecular weight excluding hydrogens is 358 g/mol. The summed E-state index contributed by atoms with van der Waals surface area (Å²) >= 11 is 0. The number of anilines is 1. The summed E-state index contributed by atoms with van der Waals surface area (Å²) in [5.41, 5.74) is 7.37. The van der Waals surface area contributed by atoms with Crippen LogP contribution in [0.15, 0.2) is 48.5 Å². The van der Waals surface area contributed by atoms with Crippen LogP contribution in [0.25, 0.3) is 0 Å². The molecule has 0 aliphatic carbocycles. The van der Waals surface area contributed by atoms with Crippen molar-refractivity contribution >= 4 is 23.4 Å².